The normalized spacial score (nSPS) is 10.9. The van der Waals surface area contributed by atoms with Gasteiger partial charge >= 0.3 is 0 Å². The lowest BCUT2D eigenvalue weighted by molar-refractivity contribution is -0.117. The second-order valence-corrected chi connectivity index (χ2v) is 7.04. The van der Waals surface area contributed by atoms with Crippen LogP contribution < -0.4 is 5.32 Å². The van der Waals surface area contributed by atoms with Gasteiger partial charge in [0.25, 0.3) is 0 Å². The summed E-state index contributed by atoms with van der Waals surface area (Å²) in [6.07, 6.45) is 3.56. The Bertz CT molecular complexity index is 1090. The van der Waals surface area contributed by atoms with E-state index in [0.717, 1.165) is 17.1 Å². The number of hydrogen-bond acceptors (Lipinski definition) is 4. The minimum atomic E-state index is -0.390. The zero-order valence-corrected chi connectivity index (χ0v) is 16.9. The number of hydrogen-bond donors (Lipinski definition) is 1. The number of anilines is 1. The van der Waals surface area contributed by atoms with Crippen molar-refractivity contribution in [2.75, 3.05) is 18.9 Å². The SMILES string of the molecule is Cc1c(C#N)c(NC(=O)CN(C)Cc2nccn2C)n(-c2cccc(F)c2)c1C. The molecule has 0 aliphatic heterocycles. The number of aryl methyl sites for hydroxylation is 1. The molecule has 0 spiro atoms. The van der Waals surface area contributed by atoms with E-state index < -0.39 is 0 Å². The van der Waals surface area contributed by atoms with Gasteiger partial charge in [-0.15, -0.1) is 0 Å². The monoisotopic (exact) mass is 394 g/mol. The molecule has 150 valence electrons. The Labute approximate surface area is 169 Å². The second kappa shape index (κ2) is 8.29. The molecule has 0 unspecified atom stereocenters. The molecule has 0 bridgehead atoms. The predicted molar refractivity (Wildman–Crippen MR) is 108 cm³/mol. The van der Waals surface area contributed by atoms with Crippen LogP contribution in [0.4, 0.5) is 10.2 Å². The third kappa shape index (κ3) is 4.20. The van der Waals surface area contributed by atoms with Crippen molar-refractivity contribution in [3.8, 4) is 11.8 Å². The van der Waals surface area contributed by atoms with Crippen LogP contribution in [0.15, 0.2) is 36.7 Å². The van der Waals surface area contributed by atoms with Crippen molar-refractivity contribution in [1.29, 1.82) is 5.26 Å². The fourth-order valence-electron chi connectivity index (χ4n) is 3.26. The van der Waals surface area contributed by atoms with E-state index in [0.29, 0.717) is 23.6 Å². The van der Waals surface area contributed by atoms with Gasteiger partial charge in [0, 0.05) is 25.1 Å². The molecule has 2 heterocycles. The molecule has 0 aliphatic carbocycles. The van der Waals surface area contributed by atoms with E-state index in [1.165, 1.54) is 12.1 Å². The Morgan fingerprint density at radius 1 is 1.38 bits per heavy atom. The van der Waals surface area contributed by atoms with Gasteiger partial charge in [0.2, 0.25) is 5.91 Å². The number of halogens is 1. The first-order valence-electron chi connectivity index (χ1n) is 9.14. The summed E-state index contributed by atoms with van der Waals surface area (Å²) < 4.78 is 17.4. The van der Waals surface area contributed by atoms with Crippen molar-refractivity contribution < 1.29 is 9.18 Å². The molecule has 3 aromatic rings. The maximum Gasteiger partial charge on any atom is 0.239 e. The van der Waals surface area contributed by atoms with Gasteiger partial charge in [0.1, 0.15) is 23.5 Å². The lowest BCUT2D eigenvalue weighted by Gasteiger charge is -2.17. The quantitative estimate of drug-likeness (QED) is 0.697. The zero-order valence-electron chi connectivity index (χ0n) is 16.9. The number of imidazole rings is 1. The molecule has 7 nitrogen and oxygen atoms in total. The summed E-state index contributed by atoms with van der Waals surface area (Å²) in [6.45, 7) is 4.27. The zero-order chi connectivity index (χ0) is 21.1. The second-order valence-electron chi connectivity index (χ2n) is 7.04. The highest BCUT2D eigenvalue weighted by molar-refractivity contribution is 5.93. The van der Waals surface area contributed by atoms with Crippen LogP contribution >= 0.6 is 0 Å². The molecule has 29 heavy (non-hydrogen) atoms. The molecule has 2 aromatic heterocycles. The molecule has 0 atom stereocenters. The fraction of sp³-hybridized carbons (Fsp3) is 0.286. The van der Waals surface area contributed by atoms with E-state index in [-0.39, 0.29) is 18.3 Å². The molecule has 0 aliphatic rings. The number of likely N-dealkylation sites (N-methyl/N-ethyl adjacent to an activating group) is 1. The smallest absolute Gasteiger partial charge is 0.239 e. The lowest BCUT2D eigenvalue weighted by atomic mass is 10.2. The van der Waals surface area contributed by atoms with E-state index >= 15 is 0 Å². The summed E-state index contributed by atoms with van der Waals surface area (Å²) in [5.41, 5.74) is 2.42. The number of nitrogens with one attached hydrogen (secondary N) is 1. The summed E-state index contributed by atoms with van der Waals surface area (Å²) in [6, 6.07) is 8.21. The third-order valence-corrected chi connectivity index (χ3v) is 4.90. The Morgan fingerprint density at radius 2 is 2.14 bits per heavy atom. The minimum absolute atomic E-state index is 0.115. The molecule has 1 N–H and O–H groups in total. The van der Waals surface area contributed by atoms with Crippen molar-refractivity contribution in [1.82, 2.24) is 19.0 Å². The number of aromatic nitrogens is 3. The van der Waals surface area contributed by atoms with Crippen molar-refractivity contribution in [3.63, 3.8) is 0 Å². The van der Waals surface area contributed by atoms with Gasteiger partial charge in [-0.1, -0.05) is 6.07 Å². The number of carbonyl (C=O) groups is 1. The molecule has 0 fully saturated rings. The molecular formula is C21H23FN6O. The molecule has 0 saturated carbocycles. The minimum Gasteiger partial charge on any atom is -0.337 e. The van der Waals surface area contributed by atoms with Crippen molar-refractivity contribution >= 4 is 11.7 Å². The van der Waals surface area contributed by atoms with Crippen LogP contribution in [0.2, 0.25) is 0 Å². The van der Waals surface area contributed by atoms with E-state index in [1.54, 1.807) is 22.9 Å². The first-order chi connectivity index (χ1) is 13.8. The summed E-state index contributed by atoms with van der Waals surface area (Å²) in [7, 11) is 3.72. The van der Waals surface area contributed by atoms with Crippen molar-refractivity contribution in [2.45, 2.75) is 20.4 Å². The third-order valence-electron chi connectivity index (χ3n) is 4.90. The van der Waals surface area contributed by atoms with Gasteiger partial charge in [0.15, 0.2) is 0 Å². The Morgan fingerprint density at radius 3 is 2.76 bits per heavy atom. The number of carbonyl (C=O) groups excluding carboxylic acids is 1. The highest BCUT2D eigenvalue weighted by Gasteiger charge is 2.21. The topological polar surface area (TPSA) is 78.9 Å². The van der Waals surface area contributed by atoms with E-state index in [4.69, 9.17) is 0 Å². The summed E-state index contributed by atoms with van der Waals surface area (Å²) in [4.78, 5) is 18.8. The number of amides is 1. The van der Waals surface area contributed by atoms with Crippen LogP contribution in [0.25, 0.3) is 5.69 Å². The van der Waals surface area contributed by atoms with E-state index in [9.17, 15) is 14.4 Å². The average molecular weight is 394 g/mol. The number of nitriles is 1. The van der Waals surface area contributed by atoms with Gasteiger partial charge in [-0.3, -0.25) is 14.3 Å². The van der Waals surface area contributed by atoms with Crippen molar-refractivity contribution in [2.24, 2.45) is 7.05 Å². The molecule has 0 radical (unpaired) electrons. The Balaban J connectivity index is 1.86. The van der Waals surface area contributed by atoms with Crippen LogP contribution in [0, 0.1) is 31.0 Å². The van der Waals surface area contributed by atoms with Crippen LogP contribution in [-0.2, 0) is 18.4 Å². The van der Waals surface area contributed by atoms with Crippen LogP contribution in [0.1, 0.15) is 22.6 Å². The summed E-state index contributed by atoms with van der Waals surface area (Å²) in [5.74, 6) is 0.531. The first-order valence-corrected chi connectivity index (χ1v) is 9.14. The fourth-order valence-corrected chi connectivity index (χ4v) is 3.26. The number of nitrogens with zero attached hydrogens (tertiary/aromatic N) is 5. The van der Waals surface area contributed by atoms with E-state index in [1.807, 2.05) is 43.6 Å². The summed E-state index contributed by atoms with van der Waals surface area (Å²) in [5, 5.41) is 12.5. The van der Waals surface area contributed by atoms with Crippen molar-refractivity contribution in [3.05, 3.63) is 65.1 Å². The Kier molecular flexibility index (Phi) is 5.80. The molecular weight excluding hydrogens is 371 g/mol. The van der Waals surface area contributed by atoms with Crippen LogP contribution in [0.3, 0.4) is 0 Å². The Hall–Kier alpha value is -3.44. The lowest BCUT2D eigenvalue weighted by Crippen LogP contribution is -2.31. The maximum atomic E-state index is 13.8. The van der Waals surface area contributed by atoms with Gasteiger partial charge in [-0.05, 0) is 44.7 Å². The molecule has 8 heteroatoms. The molecule has 1 aromatic carbocycles. The first kappa shape index (κ1) is 20.3. The van der Waals surface area contributed by atoms with E-state index in [2.05, 4.69) is 16.4 Å². The van der Waals surface area contributed by atoms with Crippen LogP contribution in [0.5, 0.6) is 0 Å². The van der Waals surface area contributed by atoms with Gasteiger partial charge in [-0.25, -0.2) is 9.37 Å². The van der Waals surface area contributed by atoms with Gasteiger partial charge in [0.05, 0.1) is 24.3 Å². The number of benzene rings is 1. The average Bonchev–Trinajstić information content (AvgIpc) is 3.16. The van der Waals surface area contributed by atoms with Gasteiger partial charge < -0.3 is 9.88 Å². The summed E-state index contributed by atoms with van der Waals surface area (Å²) >= 11 is 0. The highest BCUT2D eigenvalue weighted by Crippen LogP contribution is 2.30. The van der Waals surface area contributed by atoms with Gasteiger partial charge in [-0.2, -0.15) is 5.26 Å². The molecule has 3 rings (SSSR count). The number of rotatable bonds is 6. The largest absolute Gasteiger partial charge is 0.337 e. The maximum absolute atomic E-state index is 13.8. The standard InChI is InChI=1S/C21H23FN6O/c1-14-15(2)28(17-7-5-6-16(22)10-17)21(18(14)11-23)25-20(29)13-26(3)12-19-24-8-9-27(19)4/h5-10H,12-13H2,1-4H3,(H,25,29). The van der Waals surface area contributed by atoms with Crippen LogP contribution in [-0.4, -0.2) is 38.5 Å². The predicted octanol–water partition coefficient (Wildman–Crippen LogP) is 2.91. The molecule has 0 saturated heterocycles. The molecule has 1 amide bonds. The highest BCUT2D eigenvalue weighted by atomic mass is 19.1.